The normalized spacial score (nSPS) is 27.1. The molecule has 6 aromatic carbocycles. The van der Waals surface area contributed by atoms with Crippen molar-refractivity contribution in [2.45, 2.75) is 94.3 Å². The molecule has 4 bridgehead atoms. The van der Waals surface area contributed by atoms with Crippen molar-refractivity contribution in [3.05, 3.63) is 161 Å². The van der Waals surface area contributed by atoms with Crippen LogP contribution in [0.5, 0.6) is 0 Å². The third kappa shape index (κ3) is 3.93. The Morgan fingerprint density at radius 1 is 0.446 bits per heavy atom. The van der Waals surface area contributed by atoms with E-state index in [-0.39, 0.29) is 16.2 Å². The molecule has 6 aromatic rings. The molecular formula is C55H51N. The Morgan fingerprint density at radius 3 is 1.66 bits per heavy atom. The lowest BCUT2D eigenvalue weighted by atomic mass is 9.43. The van der Waals surface area contributed by atoms with Crippen molar-refractivity contribution in [1.82, 2.24) is 0 Å². The van der Waals surface area contributed by atoms with Gasteiger partial charge < -0.3 is 4.90 Å². The van der Waals surface area contributed by atoms with Gasteiger partial charge in [0.25, 0.3) is 0 Å². The average Bonchev–Trinajstić information content (AvgIpc) is 3.76. The van der Waals surface area contributed by atoms with E-state index in [1.54, 1.807) is 22.3 Å². The minimum atomic E-state index is -0.0281. The van der Waals surface area contributed by atoms with Gasteiger partial charge in [-0.05, 0) is 160 Å². The number of rotatable bonds is 3. The number of benzene rings is 6. The first-order chi connectivity index (χ1) is 27.5. The molecule has 5 fully saturated rings. The maximum Gasteiger partial charge on any atom is 0.0543 e. The summed E-state index contributed by atoms with van der Waals surface area (Å²) in [6.45, 7) is 4.80. The number of hydrogen-bond donors (Lipinski definition) is 0. The van der Waals surface area contributed by atoms with E-state index in [0.29, 0.717) is 0 Å². The fourth-order valence-electron chi connectivity index (χ4n) is 14.9. The van der Waals surface area contributed by atoms with Crippen LogP contribution in [-0.4, -0.2) is 0 Å². The standard InChI is InChI=1S/C55H51N/c1-53(2)45-16-7-4-13-40(45)43-32-38(21-23-46(43)53)56(39-22-24-48-44(33-39)41-14-5-8-17-47(41)54(48)25-10-3-11-26-54)51-20-12-19-50-52(51)42-15-6-9-18-49(42)55(50)36-28-34-27-35(30-36)31-37(55)29-34/h4-9,12-24,32-37H,3,10-11,25-31H2,1-2H3. The Balaban J connectivity index is 1.07. The molecule has 0 N–H and O–H groups in total. The van der Waals surface area contributed by atoms with E-state index < -0.39 is 0 Å². The van der Waals surface area contributed by atoms with Crippen molar-refractivity contribution in [3.8, 4) is 33.4 Å². The maximum absolute atomic E-state index is 2.67. The molecule has 276 valence electrons. The van der Waals surface area contributed by atoms with Gasteiger partial charge in [0.15, 0.2) is 0 Å². The number of fused-ring (bicyclic) bond motifs is 11. The van der Waals surface area contributed by atoms with Crippen LogP contribution in [0.3, 0.4) is 0 Å². The summed E-state index contributed by atoms with van der Waals surface area (Å²) >= 11 is 0. The molecule has 0 saturated heterocycles. The highest BCUT2D eigenvalue weighted by Gasteiger charge is 2.62. The first-order valence-electron chi connectivity index (χ1n) is 22.0. The van der Waals surface area contributed by atoms with Crippen LogP contribution in [-0.2, 0) is 16.2 Å². The Bertz CT molecular complexity index is 2600. The molecule has 14 rings (SSSR count). The van der Waals surface area contributed by atoms with Crippen LogP contribution in [0, 0.1) is 23.7 Å². The van der Waals surface area contributed by atoms with E-state index in [1.165, 1.54) is 126 Å². The Kier molecular flexibility index (Phi) is 6.42. The summed E-state index contributed by atoms with van der Waals surface area (Å²) in [5, 5.41) is 0. The SMILES string of the molecule is CC1(C)c2ccccc2-c2cc(N(c3ccc4c(c3)-c3ccccc3C43CCCCC3)c3cccc4c3-c3ccccc3C43C4CC5CC(C4)CC3C5)ccc21. The molecule has 0 aromatic heterocycles. The second-order valence-electron chi connectivity index (χ2n) is 19.6. The molecule has 56 heavy (non-hydrogen) atoms. The summed E-state index contributed by atoms with van der Waals surface area (Å²) in [6, 6.07) is 50.7. The molecule has 1 nitrogen and oxygen atoms in total. The molecule has 8 aliphatic carbocycles. The Morgan fingerprint density at radius 2 is 0.964 bits per heavy atom. The van der Waals surface area contributed by atoms with Crippen molar-refractivity contribution in [2.75, 3.05) is 4.90 Å². The highest BCUT2D eigenvalue weighted by atomic mass is 15.1. The van der Waals surface area contributed by atoms with Crippen molar-refractivity contribution in [1.29, 1.82) is 0 Å². The van der Waals surface area contributed by atoms with Gasteiger partial charge in [0.1, 0.15) is 0 Å². The van der Waals surface area contributed by atoms with Gasteiger partial charge in [0.2, 0.25) is 0 Å². The van der Waals surface area contributed by atoms with Crippen LogP contribution in [0.2, 0.25) is 0 Å². The van der Waals surface area contributed by atoms with Crippen LogP contribution >= 0.6 is 0 Å². The second kappa shape index (κ2) is 11.2. The third-order valence-corrected chi connectivity index (χ3v) is 16.8. The summed E-state index contributed by atoms with van der Waals surface area (Å²) in [4.78, 5) is 2.67. The molecule has 0 heterocycles. The topological polar surface area (TPSA) is 3.24 Å². The maximum atomic E-state index is 2.67. The van der Waals surface area contributed by atoms with Gasteiger partial charge in [-0.3, -0.25) is 0 Å². The van der Waals surface area contributed by atoms with E-state index in [1.807, 2.05) is 0 Å². The quantitative estimate of drug-likeness (QED) is 0.176. The fourth-order valence-corrected chi connectivity index (χ4v) is 14.9. The van der Waals surface area contributed by atoms with Crippen LogP contribution in [0.1, 0.15) is 111 Å². The minimum Gasteiger partial charge on any atom is -0.310 e. The van der Waals surface area contributed by atoms with Crippen molar-refractivity contribution in [2.24, 2.45) is 23.7 Å². The van der Waals surface area contributed by atoms with Gasteiger partial charge in [0, 0.05) is 33.2 Å². The molecule has 8 aliphatic rings. The molecule has 0 aliphatic heterocycles. The predicted molar refractivity (Wildman–Crippen MR) is 231 cm³/mol. The third-order valence-electron chi connectivity index (χ3n) is 16.8. The highest BCUT2D eigenvalue weighted by molar-refractivity contribution is 5.97. The van der Waals surface area contributed by atoms with Crippen molar-refractivity contribution >= 4 is 17.1 Å². The lowest BCUT2D eigenvalue weighted by molar-refractivity contribution is -0.0399. The van der Waals surface area contributed by atoms with E-state index in [2.05, 4.69) is 146 Å². The van der Waals surface area contributed by atoms with Crippen molar-refractivity contribution in [3.63, 3.8) is 0 Å². The second-order valence-corrected chi connectivity index (χ2v) is 19.6. The smallest absolute Gasteiger partial charge is 0.0543 e. The lowest BCUT2D eigenvalue weighted by Crippen LogP contribution is -2.55. The van der Waals surface area contributed by atoms with E-state index >= 15 is 0 Å². The fraction of sp³-hybridized carbons (Fsp3) is 0.345. The van der Waals surface area contributed by atoms with Gasteiger partial charge in [-0.25, -0.2) is 0 Å². The highest BCUT2D eigenvalue weighted by Crippen LogP contribution is 2.70. The summed E-state index contributed by atoms with van der Waals surface area (Å²) in [6.07, 6.45) is 13.6. The zero-order valence-electron chi connectivity index (χ0n) is 33.0. The summed E-state index contributed by atoms with van der Waals surface area (Å²) in [5.41, 5.74) is 22.0. The van der Waals surface area contributed by atoms with Gasteiger partial charge in [0.05, 0.1) is 5.69 Å². The van der Waals surface area contributed by atoms with E-state index in [0.717, 1.165) is 23.7 Å². The van der Waals surface area contributed by atoms with Gasteiger partial charge in [-0.15, -0.1) is 0 Å². The molecule has 0 amide bonds. The largest absolute Gasteiger partial charge is 0.310 e. The van der Waals surface area contributed by atoms with Gasteiger partial charge in [-0.1, -0.05) is 130 Å². The number of nitrogens with zero attached hydrogens (tertiary/aromatic N) is 1. The number of anilines is 3. The zero-order valence-corrected chi connectivity index (χ0v) is 33.0. The van der Waals surface area contributed by atoms with Gasteiger partial charge >= 0.3 is 0 Å². The van der Waals surface area contributed by atoms with Crippen LogP contribution in [0.25, 0.3) is 33.4 Å². The van der Waals surface area contributed by atoms with Crippen molar-refractivity contribution < 1.29 is 0 Å². The predicted octanol–water partition coefficient (Wildman–Crippen LogP) is 14.4. The molecule has 1 heteroatoms. The van der Waals surface area contributed by atoms with Gasteiger partial charge in [-0.2, -0.15) is 0 Å². The first kappa shape index (κ1) is 32.2. The molecule has 2 spiro atoms. The molecule has 5 saturated carbocycles. The Hall–Kier alpha value is -4.88. The van der Waals surface area contributed by atoms with Crippen LogP contribution < -0.4 is 4.90 Å². The average molecular weight is 726 g/mol. The van der Waals surface area contributed by atoms with Crippen LogP contribution in [0.4, 0.5) is 17.1 Å². The molecule has 0 unspecified atom stereocenters. The van der Waals surface area contributed by atoms with E-state index in [9.17, 15) is 0 Å². The lowest BCUT2D eigenvalue weighted by Gasteiger charge is -2.61. The number of hydrogen-bond acceptors (Lipinski definition) is 1. The minimum absolute atomic E-state index is 0.0281. The summed E-state index contributed by atoms with van der Waals surface area (Å²) < 4.78 is 0. The molecular weight excluding hydrogens is 675 g/mol. The van der Waals surface area contributed by atoms with Crippen LogP contribution in [0.15, 0.2) is 127 Å². The first-order valence-corrected chi connectivity index (χ1v) is 22.0. The molecule has 0 radical (unpaired) electrons. The summed E-state index contributed by atoms with van der Waals surface area (Å²) in [5.74, 6) is 3.34. The Labute approximate surface area is 332 Å². The monoisotopic (exact) mass is 725 g/mol. The summed E-state index contributed by atoms with van der Waals surface area (Å²) in [7, 11) is 0. The molecule has 0 atom stereocenters. The van der Waals surface area contributed by atoms with E-state index in [4.69, 9.17) is 0 Å². The zero-order chi connectivity index (χ0) is 37.0.